The zero-order valence-electron chi connectivity index (χ0n) is 18.7. The van der Waals surface area contributed by atoms with Crippen molar-refractivity contribution < 1.29 is 9.53 Å². The molecule has 2 aliphatic carbocycles. The Kier molecular flexibility index (Phi) is 6.01. The maximum atomic E-state index is 13.3. The van der Waals surface area contributed by atoms with Crippen molar-refractivity contribution >= 4 is 17.8 Å². The van der Waals surface area contributed by atoms with Gasteiger partial charge in [-0.2, -0.15) is 0 Å². The number of rotatable bonds is 7. The molecule has 3 atom stereocenters. The first-order valence-electron chi connectivity index (χ1n) is 11.3. The number of carbonyl (C=O) groups excluding carboxylic acids is 1. The number of hydrogen-bond donors (Lipinski definition) is 1. The summed E-state index contributed by atoms with van der Waals surface area (Å²) in [5, 5.41) is 3.11. The summed E-state index contributed by atoms with van der Waals surface area (Å²) in [6.07, 6.45) is 9.93. The van der Waals surface area contributed by atoms with Crippen molar-refractivity contribution in [3.63, 3.8) is 0 Å². The molecule has 0 saturated heterocycles. The fraction of sp³-hybridized carbons (Fsp3) is 0.600. The number of methoxy groups -OCH3 is 1. The molecule has 5 heteroatoms. The van der Waals surface area contributed by atoms with Crippen LogP contribution in [0.5, 0.6) is 0 Å². The van der Waals surface area contributed by atoms with E-state index in [9.17, 15) is 4.79 Å². The lowest BCUT2D eigenvalue weighted by atomic mass is 9.90. The van der Waals surface area contributed by atoms with E-state index in [1.54, 1.807) is 7.11 Å². The first-order valence-corrected chi connectivity index (χ1v) is 11.3. The maximum Gasteiger partial charge on any atom is 0.253 e. The summed E-state index contributed by atoms with van der Waals surface area (Å²) < 4.78 is 5.17. The van der Waals surface area contributed by atoms with Crippen LogP contribution >= 0.6 is 0 Å². The Hall–Kier alpha value is -2.14. The number of hydrogen-bond acceptors (Lipinski definition) is 4. The molecule has 1 aromatic carbocycles. The van der Waals surface area contributed by atoms with Crippen molar-refractivity contribution in [3.05, 3.63) is 41.6 Å². The third kappa shape index (κ3) is 4.18. The number of benzene rings is 1. The Bertz CT molecular complexity index is 821. The average Bonchev–Trinajstić information content (AvgIpc) is 3.62. The second-order valence-electron chi connectivity index (χ2n) is 9.30. The van der Waals surface area contributed by atoms with E-state index < -0.39 is 0 Å². The molecule has 0 unspecified atom stereocenters. The van der Waals surface area contributed by atoms with E-state index in [-0.39, 0.29) is 17.5 Å². The summed E-state index contributed by atoms with van der Waals surface area (Å²) in [6.45, 7) is 7.15. The molecule has 1 N–H and O–H groups in total. The van der Waals surface area contributed by atoms with Gasteiger partial charge in [0.05, 0.1) is 12.6 Å². The van der Waals surface area contributed by atoms with Crippen LogP contribution in [0.1, 0.15) is 58.4 Å². The van der Waals surface area contributed by atoms with E-state index in [2.05, 4.69) is 30.3 Å². The predicted octanol–water partition coefficient (Wildman–Crippen LogP) is 4.79. The number of nitrogens with zero attached hydrogens (tertiary/aromatic N) is 2. The van der Waals surface area contributed by atoms with Gasteiger partial charge in [0.1, 0.15) is 0 Å². The maximum absolute atomic E-state index is 13.3. The molecular weight excluding hydrogens is 374 g/mol. The molecule has 5 nitrogen and oxygen atoms in total. The molecule has 3 aliphatic rings. The molecule has 0 spiro atoms. The lowest BCUT2D eigenvalue weighted by molar-refractivity contribution is -0.113. The van der Waals surface area contributed by atoms with Crippen LogP contribution in [0.2, 0.25) is 0 Å². The van der Waals surface area contributed by atoms with Crippen molar-refractivity contribution in [2.75, 3.05) is 12.4 Å². The van der Waals surface area contributed by atoms with Crippen LogP contribution in [0.15, 0.2) is 41.0 Å². The molecule has 1 amide bonds. The quantitative estimate of drug-likeness (QED) is 0.659. The Labute approximate surface area is 180 Å². The number of nitrogens with one attached hydrogen (secondary N) is 1. The molecular formula is C25H35N3O2. The van der Waals surface area contributed by atoms with Crippen LogP contribution in [-0.4, -0.2) is 41.8 Å². The van der Waals surface area contributed by atoms with Gasteiger partial charge in [0.15, 0.2) is 0 Å². The van der Waals surface area contributed by atoms with Crippen molar-refractivity contribution in [3.8, 4) is 0 Å². The van der Waals surface area contributed by atoms with Crippen LogP contribution in [0.4, 0.5) is 5.69 Å². The minimum atomic E-state index is -0.0105. The van der Waals surface area contributed by atoms with Gasteiger partial charge in [-0.1, -0.05) is 19.1 Å². The largest absolute Gasteiger partial charge is 0.380 e. The van der Waals surface area contributed by atoms with E-state index in [0.29, 0.717) is 25.0 Å². The fourth-order valence-electron chi connectivity index (χ4n) is 5.08. The van der Waals surface area contributed by atoms with Gasteiger partial charge in [-0.25, -0.2) is 0 Å². The number of anilines is 1. The second kappa shape index (κ2) is 8.54. The highest BCUT2D eigenvalue weighted by molar-refractivity contribution is 6.03. The van der Waals surface area contributed by atoms with Gasteiger partial charge in [-0.05, 0) is 75.3 Å². The average molecular weight is 410 g/mol. The van der Waals surface area contributed by atoms with Crippen LogP contribution in [0, 0.1) is 11.8 Å². The Balaban J connectivity index is 1.58. The van der Waals surface area contributed by atoms with E-state index in [4.69, 9.17) is 9.73 Å². The third-order valence-electron chi connectivity index (χ3n) is 7.30. The van der Waals surface area contributed by atoms with Gasteiger partial charge in [-0.15, -0.1) is 0 Å². The zero-order valence-corrected chi connectivity index (χ0v) is 18.7. The van der Waals surface area contributed by atoms with Crippen LogP contribution in [-0.2, 0) is 16.1 Å². The lowest BCUT2D eigenvalue weighted by Crippen LogP contribution is -2.45. The minimum absolute atomic E-state index is 0.0105. The van der Waals surface area contributed by atoms with Gasteiger partial charge in [-0.3, -0.25) is 9.79 Å². The predicted molar refractivity (Wildman–Crippen MR) is 122 cm³/mol. The highest BCUT2D eigenvalue weighted by Crippen LogP contribution is 2.59. The first-order chi connectivity index (χ1) is 14.5. The number of carbonyl (C=O) groups is 1. The van der Waals surface area contributed by atoms with Crippen LogP contribution in [0.25, 0.3) is 0 Å². The molecule has 0 aromatic heterocycles. The lowest BCUT2D eigenvalue weighted by Gasteiger charge is -2.39. The summed E-state index contributed by atoms with van der Waals surface area (Å²) >= 11 is 0. The summed E-state index contributed by atoms with van der Waals surface area (Å²) in [7, 11) is 1.69. The topological polar surface area (TPSA) is 53.9 Å². The normalized spacial score (nSPS) is 28.2. The van der Waals surface area contributed by atoms with Gasteiger partial charge >= 0.3 is 0 Å². The second-order valence-corrected chi connectivity index (χ2v) is 9.30. The fourth-order valence-corrected chi connectivity index (χ4v) is 5.08. The Morgan fingerprint density at radius 2 is 1.97 bits per heavy atom. The van der Waals surface area contributed by atoms with E-state index >= 15 is 0 Å². The molecule has 1 aromatic rings. The van der Waals surface area contributed by atoms with E-state index in [1.807, 2.05) is 37.4 Å². The van der Waals surface area contributed by atoms with Gasteiger partial charge in [0.2, 0.25) is 0 Å². The van der Waals surface area contributed by atoms with Crippen molar-refractivity contribution in [1.29, 1.82) is 0 Å². The van der Waals surface area contributed by atoms with E-state index in [0.717, 1.165) is 22.7 Å². The van der Waals surface area contributed by atoms with Crippen LogP contribution < -0.4 is 5.32 Å². The van der Waals surface area contributed by atoms with Gasteiger partial charge < -0.3 is 15.0 Å². The number of amides is 1. The molecule has 1 aliphatic heterocycles. The highest BCUT2D eigenvalue weighted by atomic mass is 16.5. The summed E-state index contributed by atoms with van der Waals surface area (Å²) in [6, 6.07) is 8.38. The minimum Gasteiger partial charge on any atom is -0.380 e. The first kappa shape index (κ1) is 21.1. The van der Waals surface area contributed by atoms with E-state index in [1.165, 1.54) is 25.7 Å². The summed E-state index contributed by atoms with van der Waals surface area (Å²) in [5.41, 5.74) is 3.04. The van der Waals surface area contributed by atoms with Crippen molar-refractivity contribution in [2.24, 2.45) is 16.8 Å². The highest BCUT2D eigenvalue weighted by Gasteiger charge is 2.59. The van der Waals surface area contributed by atoms with Crippen molar-refractivity contribution in [2.45, 2.75) is 77.1 Å². The SMILES string of the molecule is CC=N[C@H]1CC(C(=O)Nc2ccc(COC)cc2)=CN(C2(C3CC3)CC2)[C@H](C)[C@H]1C. The molecule has 162 valence electrons. The molecule has 30 heavy (non-hydrogen) atoms. The smallest absolute Gasteiger partial charge is 0.253 e. The summed E-state index contributed by atoms with van der Waals surface area (Å²) in [5.74, 6) is 1.18. The monoisotopic (exact) mass is 409 g/mol. The molecule has 0 bridgehead atoms. The van der Waals surface area contributed by atoms with Crippen molar-refractivity contribution in [1.82, 2.24) is 4.90 Å². The van der Waals surface area contributed by atoms with Gasteiger partial charge in [0.25, 0.3) is 5.91 Å². The summed E-state index contributed by atoms with van der Waals surface area (Å²) in [4.78, 5) is 20.6. The molecule has 1 heterocycles. The van der Waals surface area contributed by atoms with Crippen LogP contribution in [0.3, 0.4) is 0 Å². The Morgan fingerprint density at radius 3 is 2.53 bits per heavy atom. The molecule has 0 radical (unpaired) electrons. The molecule has 4 rings (SSSR count). The number of aliphatic imine (C=N–C) groups is 1. The van der Waals surface area contributed by atoms with Gasteiger partial charge in [0, 0.05) is 42.6 Å². The Morgan fingerprint density at radius 1 is 1.27 bits per heavy atom. The molecule has 2 fully saturated rings. The third-order valence-corrected chi connectivity index (χ3v) is 7.30. The molecule has 2 saturated carbocycles. The standard InChI is InChI=1S/C25H35N3O2/c1-5-26-23-14-20(24(29)27-22-10-6-19(7-11-22)16-30-4)15-28(18(3)17(23)2)25(12-13-25)21-8-9-21/h5-7,10-11,15,17-18,21,23H,8-9,12-14,16H2,1-4H3,(H,27,29)/t17-,18-,23+/m1/s1. The zero-order chi connectivity index (χ0) is 21.3. The number of ether oxygens (including phenoxy) is 1.